The molecule has 1 aliphatic heterocycles. The van der Waals surface area contributed by atoms with E-state index in [2.05, 4.69) is 25.0 Å². The molecule has 0 unspecified atom stereocenters. The lowest BCUT2D eigenvalue weighted by molar-refractivity contribution is 0.139. The Hall–Kier alpha value is -1.73. The molecule has 0 radical (unpaired) electrons. The fourth-order valence-electron chi connectivity index (χ4n) is 2.50. The van der Waals surface area contributed by atoms with Crippen LogP contribution in [0.5, 0.6) is 0 Å². The predicted molar refractivity (Wildman–Crippen MR) is 78.8 cm³/mol. The zero-order valence-electron chi connectivity index (χ0n) is 11.8. The average Bonchev–Trinajstić information content (AvgIpc) is 3.02. The second-order valence-corrected chi connectivity index (χ2v) is 5.38. The molecule has 1 aliphatic rings. The predicted octanol–water partition coefficient (Wildman–Crippen LogP) is 1.57. The Bertz CT molecular complexity index is 582. The average molecular weight is 309 g/mol. The van der Waals surface area contributed by atoms with Crippen molar-refractivity contribution in [3.8, 4) is 5.95 Å². The third-order valence-electron chi connectivity index (χ3n) is 3.59. The maximum absolute atomic E-state index is 6.01. The maximum atomic E-state index is 6.01. The molecule has 7 nitrogen and oxygen atoms in total. The number of methoxy groups -OCH3 is 1. The van der Waals surface area contributed by atoms with E-state index in [9.17, 15) is 0 Å². The molecule has 1 fully saturated rings. The van der Waals surface area contributed by atoms with Gasteiger partial charge >= 0.3 is 0 Å². The first kappa shape index (κ1) is 14.2. The summed E-state index contributed by atoms with van der Waals surface area (Å²) >= 11 is 6.01. The van der Waals surface area contributed by atoms with Crippen LogP contribution >= 0.6 is 11.6 Å². The molecule has 21 heavy (non-hydrogen) atoms. The summed E-state index contributed by atoms with van der Waals surface area (Å²) in [6, 6.07) is 1.81. The summed E-state index contributed by atoms with van der Waals surface area (Å²) in [7, 11) is 1.74. The van der Waals surface area contributed by atoms with Gasteiger partial charge in [0.15, 0.2) is 0 Å². The normalized spacial score (nSPS) is 16.4. The molecule has 0 spiro atoms. The Balaban J connectivity index is 1.77. The molecule has 112 valence electrons. The molecule has 3 heterocycles. The summed E-state index contributed by atoms with van der Waals surface area (Å²) in [5.74, 6) is 1.65. The van der Waals surface area contributed by atoms with Crippen LogP contribution in [-0.2, 0) is 4.74 Å². The van der Waals surface area contributed by atoms with E-state index in [0.29, 0.717) is 17.8 Å². The third-order valence-corrected chi connectivity index (χ3v) is 3.76. The smallest absolute Gasteiger partial charge is 0.256 e. The maximum Gasteiger partial charge on any atom is 0.256 e. The minimum atomic E-state index is 0.185. The highest BCUT2D eigenvalue weighted by molar-refractivity contribution is 6.28. The van der Waals surface area contributed by atoms with Gasteiger partial charge in [-0.2, -0.15) is 20.1 Å². The summed E-state index contributed by atoms with van der Waals surface area (Å²) in [6.07, 6.45) is 5.58. The van der Waals surface area contributed by atoms with E-state index in [1.165, 1.54) is 0 Å². The van der Waals surface area contributed by atoms with Crippen LogP contribution in [0.2, 0.25) is 5.28 Å². The molecule has 2 aromatic heterocycles. The topological polar surface area (TPSA) is 69.0 Å². The van der Waals surface area contributed by atoms with Crippen LogP contribution in [0.4, 0.5) is 5.95 Å². The first-order valence-corrected chi connectivity index (χ1v) is 7.29. The van der Waals surface area contributed by atoms with Gasteiger partial charge in [0.25, 0.3) is 5.95 Å². The van der Waals surface area contributed by atoms with E-state index >= 15 is 0 Å². The summed E-state index contributed by atoms with van der Waals surface area (Å²) in [6.45, 7) is 2.60. The number of anilines is 1. The first-order chi connectivity index (χ1) is 10.3. The molecule has 0 N–H and O–H groups in total. The third kappa shape index (κ3) is 3.30. The molecule has 3 rings (SSSR count). The van der Waals surface area contributed by atoms with Crippen molar-refractivity contribution in [2.75, 3.05) is 31.7 Å². The van der Waals surface area contributed by atoms with Crippen LogP contribution in [0, 0.1) is 5.92 Å². The van der Waals surface area contributed by atoms with Gasteiger partial charge in [-0.25, -0.2) is 4.68 Å². The molecular formula is C13H17ClN6O. The van der Waals surface area contributed by atoms with Crippen LogP contribution in [0.15, 0.2) is 18.5 Å². The Morgan fingerprint density at radius 1 is 1.24 bits per heavy atom. The molecule has 0 aromatic carbocycles. The molecule has 2 aromatic rings. The summed E-state index contributed by atoms with van der Waals surface area (Å²) in [5.41, 5.74) is 0. The number of halogens is 1. The molecule has 0 saturated carbocycles. The Kier molecular flexibility index (Phi) is 4.31. The number of hydrogen-bond acceptors (Lipinski definition) is 6. The van der Waals surface area contributed by atoms with Crippen molar-refractivity contribution in [1.82, 2.24) is 24.7 Å². The first-order valence-electron chi connectivity index (χ1n) is 6.92. The van der Waals surface area contributed by atoms with Crippen molar-refractivity contribution in [2.45, 2.75) is 12.8 Å². The lowest BCUT2D eigenvalue weighted by atomic mass is 9.98. The molecule has 0 atom stereocenters. The van der Waals surface area contributed by atoms with E-state index in [0.717, 1.165) is 32.5 Å². The van der Waals surface area contributed by atoms with Crippen molar-refractivity contribution in [3.63, 3.8) is 0 Å². The lowest BCUT2D eigenvalue weighted by Crippen LogP contribution is -2.36. The molecular weight excluding hydrogens is 292 g/mol. The highest BCUT2D eigenvalue weighted by atomic mass is 35.5. The zero-order valence-corrected chi connectivity index (χ0v) is 12.6. The van der Waals surface area contributed by atoms with Gasteiger partial charge in [-0.3, -0.25) is 0 Å². The van der Waals surface area contributed by atoms with Gasteiger partial charge in [0.1, 0.15) is 0 Å². The number of ether oxygens (including phenoxy) is 1. The zero-order chi connectivity index (χ0) is 14.7. The standard InChI is InChI=1S/C13H17ClN6O/c1-21-9-10-3-7-19(8-4-10)12-16-11(14)17-13(18-12)20-6-2-5-15-20/h2,5-6,10H,3-4,7-9H2,1H3. The number of nitrogens with zero attached hydrogens (tertiary/aromatic N) is 6. The Morgan fingerprint density at radius 2 is 2.00 bits per heavy atom. The van der Waals surface area contributed by atoms with Crippen molar-refractivity contribution < 1.29 is 4.74 Å². The van der Waals surface area contributed by atoms with Crippen LogP contribution in [0.3, 0.4) is 0 Å². The molecule has 0 bridgehead atoms. The van der Waals surface area contributed by atoms with E-state index in [-0.39, 0.29) is 5.28 Å². The van der Waals surface area contributed by atoms with E-state index in [1.54, 1.807) is 24.2 Å². The lowest BCUT2D eigenvalue weighted by Gasteiger charge is -2.31. The van der Waals surface area contributed by atoms with Gasteiger partial charge in [-0.15, -0.1) is 0 Å². The van der Waals surface area contributed by atoms with Crippen molar-refractivity contribution in [3.05, 3.63) is 23.7 Å². The van der Waals surface area contributed by atoms with E-state index in [1.807, 2.05) is 6.07 Å². The Morgan fingerprint density at radius 3 is 2.67 bits per heavy atom. The number of aromatic nitrogens is 5. The Labute approximate surface area is 127 Å². The minimum absolute atomic E-state index is 0.185. The molecule has 0 amide bonds. The molecule has 1 saturated heterocycles. The largest absolute Gasteiger partial charge is 0.384 e. The van der Waals surface area contributed by atoms with Crippen LogP contribution in [0.1, 0.15) is 12.8 Å². The fourth-order valence-corrected chi connectivity index (χ4v) is 2.65. The summed E-state index contributed by atoms with van der Waals surface area (Å²) in [4.78, 5) is 14.9. The second-order valence-electron chi connectivity index (χ2n) is 5.04. The van der Waals surface area contributed by atoms with Gasteiger partial charge in [0, 0.05) is 39.2 Å². The molecule has 0 aliphatic carbocycles. The van der Waals surface area contributed by atoms with Gasteiger partial charge in [-0.05, 0) is 36.4 Å². The highest BCUT2D eigenvalue weighted by Crippen LogP contribution is 2.22. The van der Waals surface area contributed by atoms with E-state index < -0.39 is 0 Å². The number of piperidine rings is 1. The highest BCUT2D eigenvalue weighted by Gasteiger charge is 2.22. The minimum Gasteiger partial charge on any atom is -0.384 e. The quantitative estimate of drug-likeness (QED) is 0.854. The van der Waals surface area contributed by atoms with Crippen molar-refractivity contribution in [1.29, 1.82) is 0 Å². The SMILES string of the molecule is COCC1CCN(c2nc(Cl)nc(-n3cccn3)n2)CC1. The van der Waals surface area contributed by atoms with Gasteiger partial charge < -0.3 is 9.64 Å². The van der Waals surface area contributed by atoms with Crippen LogP contribution in [-0.4, -0.2) is 51.5 Å². The monoisotopic (exact) mass is 308 g/mol. The van der Waals surface area contributed by atoms with Gasteiger partial charge in [0.2, 0.25) is 11.2 Å². The number of hydrogen-bond donors (Lipinski definition) is 0. The van der Waals surface area contributed by atoms with Crippen LogP contribution < -0.4 is 4.90 Å². The van der Waals surface area contributed by atoms with Crippen molar-refractivity contribution in [2.24, 2.45) is 5.92 Å². The summed E-state index contributed by atoms with van der Waals surface area (Å²) in [5, 5.41) is 4.31. The van der Waals surface area contributed by atoms with Crippen molar-refractivity contribution >= 4 is 17.5 Å². The van der Waals surface area contributed by atoms with Crippen LogP contribution in [0.25, 0.3) is 5.95 Å². The number of rotatable bonds is 4. The van der Waals surface area contributed by atoms with Gasteiger partial charge in [0.05, 0.1) is 0 Å². The van der Waals surface area contributed by atoms with E-state index in [4.69, 9.17) is 16.3 Å². The fraction of sp³-hybridized carbons (Fsp3) is 0.538. The summed E-state index contributed by atoms with van der Waals surface area (Å²) < 4.78 is 6.80. The molecule has 8 heteroatoms. The second kappa shape index (κ2) is 6.36. The van der Waals surface area contributed by atoms with Gasteiger partial charge in [-0.1, -0.05) is 0 Å².